The Balaban J connectivity index is 1.76. The van der Waals surface area contributed by atoms with Gasteiger partial charge in [0.2, 0.25) is 0 Å². The lowest BCUT2D eigenvalue weighted by Crippen LogP contribution is -2.55. The predicted molar refractivity (Wildman–Crippen MR) is 78.2 cm³/mol. The van der Waals surface area contributed by atoms with Crippen LogP contribution in [0.15, 0.2) is 0 Å². The average molecular weight is 316 g/mol. The van der Waals surface area contributed by atoms with Crippen LogP contribution in [0.4, 0.5) is 0 Å². The molecule has 1 N–H and O–H groups in total. The van der Waals surface area contributed by atoms with Crippen LogP contribution in [0.25, 0.3) is 0 Å². The molecule has 3 rings (SSSR count). The molecular weight excluding hydrogens is 288 g/mol. The molecule has 0 aromatic rings. The van der Waals surface area contributed by atoms with Crippen LogP contribution < -0.4 is 0 Å². The van der Waals surface area contributed by atoms with Gasteiger partial charge in [0.1, 0.15) is 11.7 Å². The Labute approximate surface area is 132 Å². The van der Waals surface area contributed by atoms with Crippen LogP contribution in [0.3, 0.4) is 0 Å². The van der Waals surface area contributed by atoms with Gasteiger partial charge in [-0.25, -0.2) is 0 Å². The number of aliphatic hydroxyl groups is 1. The van der Waals surface area contributed by atoms with E-state index in [0.717, 1.165) is 0 Å². The molecule has 0 saturated carbocycles. The lowest BCUT2D eigenvalue weighted by molar-refractivity contribution is -0.248. The summed E-state index contributed by atoms with van der Waals surface area (Å²) in [5.41, 5.74) is -0.450. The molecule has 0 amide bonds. The van der Waals surface area contributed by atoms with E-state index in [1.54, 1.807) is 7.11 Å². The van der Waals surface area contributed by atoms with Crippen LogP contribution in [-0.4, -0.2) is 60.9 Å². The highest BCUT2D eigenvalue weighted by Crippen LogP contribution is 2.47. The summed E-state index contributed by atoms with van der Waals surface area (Å²) in [5.74, 6) is -0.386. The van der Waals surface area contributed by atoms with Gasteiger partial charge in [-0.05, 0) is 20.8 Å². The summed E-state index contributed by atoms with van der Waals surface area (Å²) < 4.78 is 29.4. The SMILES string of the molecule is CO[C@H]1[C@H](C)[C@@H]([C@H](C)[C@H]2O[C@@]2(C)CO)O[C@@H]2OC(C)(C)O[C@@H]21. The number of rotatable bonds is 4. The maximum absolute atomic E-state index is 9.43. The maximum atomic E-state index is 9.43. The minimum absolute atomic E-state index is 0.00524. The van der Waals surface area contributed by atoms with Gasteiger partial charge >= 0.3 is 0 Å². The van der Waals surface area contributed by atoms with Crippen molar-refractivity contribution < 1.29 is 28.8 Å². The van der Waals surface area contributed by atoms with Gasteiger partial charge in [-0.1, -0.05) is 13.8 Å². The normalized spacial score (nSPS) is 51.4. The number of epoxide rings is 1. The third-order valence-corrected chi connectivity index (χ3v) is 5.26. The van der Waals surface area contributed by atoms with Crippen molar-refractivity contribution in [2.75, 3.05) is 13.7 Å². The van der Waals surface area contributed by atoms with Crippen LogP contribution in [-0.2, 0) is 23.7 Å². The molecule has 0 aliphatic carbocycles. The molecule has 0 spiro atoms. The van der Waals surface area contributed by atoms with Crippen LogP contribution in [0.1, 0.15) is 34.6 Å². The highest BCUT2D eigenvalue weighted by Gasteiger charge is 2.60. The Kier molecular flexibility index (Phi) is 4.07. The molecule has 128 valence electrons. The molecule has 0 aromatic carbocycles. The fraction of sp³-hybridized carbons (Fsp3) is 1.00. The van der Waals surface area contributed by atoms with E-state index in [0.29, 0.717) is 0 Å². The fourth-order valence-corrected chi connectivity index (χ4v) is 4.02. The van der Waals surface area contributed by atoms with E-state index in [4.69, 9.17) is 23.7 Å². The molecule has 3 aliphatic heterocycles. The standard InChI is InChI=1S/C16H28O6/c1-8-10(9(2)13-16(5,7-17)21-13)19-14-12(11(8)18-6)20-15(3,4)22-14/h8-14,17H,7H2,1-6H3/t8-,9+,10+,11+,12-,13-,14-,16+/m1/s1. The minimum Gasteiger partial charge on any atom is -0.393 e. The average Bonchev–Trinajstić information content (AvgIpc) is 3.03. The number of hydrogen-bond acceptors (Lipinski definition) is 6. The summed E-state index contributed by atoms with van der Waals surface area (Å²) in [7, 11) is 1.70. The summed E-state index contributed by atoms with van der Waals surface area (Å²) >= 11 is 0. The summed E-state index contributed by atoms with van der Waals surface area (Å²) in [4.78, 5) is 0. The molecule has 0 unspecified atom stereocenters. The number of methoxy groups -OCH3 is 1. The first kappa shape index (κ1) is 16.6. The molecular formula is C16H28O6. The zero-order valence-electron chi connectivity index (χ0n) is 14.2. The van der Waals surface area contributed by atoms with Crippen molar-refractivity contribution in [3.8, 4) is 0 Å². The number of hydrogen-bond donors (Lipinski definition) is 1. The molecule has 6 heteroatoms. The van der Waals surface area contributed by atoms with Gasteiger partial charge < -0.3 is 28.8 Å². The van der Waals surface area contributed by atoms with Crippen molar-refractivity contribution in [2.24, 2.45) is 11.8 Å². The van der Waals surface area contributed by atoms with E-state index in [2.05, 4.69) is 13.8 Å². The van der Waals surface area contributed by atoms with E-state index >= 15 is 0 Å². The van der Waals surface area contributed by atoms with Gasteiger partial charge in [-0.3, -0.25) is 0 Å². The zero-order valence-corrected chi connectivity index (χ0v) is 14.2. The van der Waals surface area contributed by atoms with E-state index in [9.17, 15) is 5.11 Å². The van der Waals surface area contributed by atoms with Crippen LogP contribution in [0, 0.1) is 11.8 Å². The Hall–Kier alpha value is -0.240. The Morgan fingerprint density at radius 2 is 1.86 bits per heavy atom. The van der Waals surface area contributed by atoms with Gasteiger partial charge in [0.15, 0.2) is 12.1 Å². The second-order valence-corrected chi connectivity index (χ2v) is 7.50. The number of ether oxygens (including phenoxy) is 5. The molecule has 3 saturated heterocycles. The third kappa shape index (κ3) is 2.60. The van der Waals surface area contributed by atoms with Crippen molar-refractivity contribution in [2.45, 2.75) is 76.7 Å². The van der Waals surface area contributed by atoms with Gasteiger partial charge in [0, 0.05) is 18.9 Å². The molecule has 3 aliphatic rings. The number of fused-ring (bicyclic) bond motifs is 1. The van der Waals surface area contributed by atoms with Crippen molar-refractivity contribution in [1.82, 2.24) is 0 Å². The molecule has 8 atom stereocenters. The quantitative estimate of drug-likeness (QED) is 0.789. The van der Waals surface area contributed by atoms with Crippen molar-refractivity contribution in [3.63, 3.8) is 0 Å². The fourth-order valence-electron chi connectivity index (χ4n) is 4.02. The largest absolute Gasteiger partial charge is 0.393 e. The summed E-state index contributed by atoms with van der Waals surface area (Å²) in [6.45, 7) is 9.93. The summed E-state index contributed by atoms with van der Waals surface area (Å²) in [5, 5.41) is 9.43. The van der Waals surface area contributed by atoms with Gasteiger partial charge in [0.05, 0.1) is 24.9 Å². The second-order valence-electron chi connectivity index (χ2n) is 7.50. The zero-order chi connectivity index (χ0) is 16.3. The topological polar surface area (TPSA) is 69.7 Å². The first-order valence-corrected chi connectivity index (χ1v) is 8.05. The van der Waals surface area contributed by atoms with Gasteiger partial charge in [0.25, 0.3) is 0 Å². The predicted octanol–water partition coefficient (Wildman–Crippen LogP) is 1.30. The smallest absolute Gasteiger partial charge is 0.190 e. The Morgan fingerprint density at radius 3 is 2.41 bits per heavy atom. The first-order chi connectivity index (χ1) is 10.2. The number of aliphatic hydroxyl groups excluding tert-OH is 1. The Bertz CT molecular complexity index is 427. The van der Waals surface area contributed by atoms with E-state index < -0.39 is 17.7 Å². The molecule has 0 radical (unpaired) electrons. The lowest BCUT2D eigenvalue weighted by Gasteiger charge is -2.43. The summed E-state index contributed by atoms with van der Waals surface area (Å²) in [6.07, 6.45) is -0.811. The lowest BCUT2D eigenvalue weighted by atomic mass is 9.81. The highest BCUT2D eigenvalue weighted by molar-refractivity contribution is 5.05. The maximum Gasteiger partial charge on any atom is 0.190 e. The van der Waals surface area contributed by atoms with Crippen molar-refractivity contribution in [3.05, 3.63) is 0 Å². The molecule has 22 heavy (non-hydrogen) atoms. The van der Waals surface area contributed by atoms with Gasteiger partial charge in [-0.15, -0.1) is 0 Å². The van der Waals surface area contributed by atoms with Crippen LogP contribution in [0.2, 0.25) is 0 Å². The second kappa shape index (κ2) is 5.40. The Morgan fingerprint density at radius 1 is 1.18 bits per heavy atom. The van der Waals surface area contributed by atoms with Crippen LogP contribution in [0.5, 0.6) is 0 Å². The van der Waals surface area contributed by atoms with Gasteiger partial charge in [-0.2, -0.15) is 0 Å². The van der Waals surface area contributed by atoms with E-state index in [1.807, 2.05) is 20.8 Å². The summed E-state index contributed by atoms with van der Waals surface area (Å²) in [6, 6.07) is 0. The van der Waals surface area contributed by atoms with Crippen molar-refractivity contribution in [1.29, 1.82) is 0 Å². The molecule has 0 aromatic heterocycles. The molecule has 6 nitrogen and oxygen atoms in total. The molecule has 0 bridgehead atoms. The minimum atomic E-state index is -0.667. The first-order valence-electron chi connectivity index (χ1n) is 8.05. The third-order valence-electron chi connectivity index (χ3n) is 5.26. The molecule has 3 fully saturated rings. The highest BCUT2D eigenvalue weighted by atomic mass is 16.8. The van der Waals surface area contributed by atoms with E-state index in [-0.39, 0.29) is 42.9 Å². The van der Waals surface area contributed by atoms with Crippen molar-refractivity contribution >= 4 is 0 Å². The van der Waals surface area contributed by atoms with E-state index in [1.165, 1.54) is 0 Å². The molecule has 3 heterocycles. The van der Waals surface area contributed by atoms with Crippen LogP contribution >= 0.6 is 0 Å². The monoisotopic (exact) mass is 316 g/mol.